The van der Waals surface area contributed by atoms with Gasteiger partial charge in [0.15, 0.2) is 0 Å². The van der Waals surface area contributed by atoms with Crippen LogP contribution in [0.5, 0.6) is 0 Å². The Morgan fingerprint density at radius 2 is 2.50 bits per heavy atom. The first-order valence-corrected chi connectivity index (χ1v) is 2.59. The highest BCUT2D eigenvalue weighted by atomic mass is 16.5. The van der Waals surface area contributed by atoms with Gasteiger partial charge in [-0.2, -0.15) is 0 Å². The van der Waals surface area contributed by atoms with Crippen molar-refractivity contribution in [1.29, 1.82) is 0 Å². The third-order valence-corrected chi connectivity index (χ3v) is 0.668. The molecule has 0 saturated carbocycles. The molecule has 0 aromatic rings. The van der Waals surface area contributed by atoms with Crippen molar-refractivity contribution in [1.82, 2.24) is 0 Å². The van der Waals surface area contributed by atoms with Crippen LogP contribution in [0, 0.1) is 0 Å². The average Bonchev–Trinajstić information content (AvgIpc) is 1.81. The van der Waals surface area contributed by atoms with Crippen molar-refractivity contribution in [3.8, 4) is 0 Å². The van der Waals surface area contributed by atoms with E-state index in [0.717, 1.165) is 12.8 Å². The first-order chi connectivity index (χ1) is 3.91. The van der Waals surface area contributed by atoms with Crippen molar-refractivity contribution in [2.45, 2.75) is 19.8 Å². The first kappa shape index (κ1) is 7.21. The van der Waals surface area contributed by atoms with E-state index in [1.54, 1.807) is 6.08 Å². The van der Waals surface area contributed by atoms with Crippen LogP contribution in [-0.4, -0.2) is 6.47 Å². The van der Waals surface area contributed by atoms with E-state index in [-0.39, 0.29) is 0 Å². The molecule has 1 radical (unpaired) electrons. The molecule has 2 nitrogen and oxygen atoms in total. The minimum atomic E-state index is 0.946. The number of hydrogen-bond acceptors (Lipinski definition) is 2. The molecular formula is C6H9O2. The fraction of sp³-hybridized carbons (Fsp3) is 0.500. The molecule has 0 aliphatic rings. The van der Waals surface area contributed by atoms with Crippen molar-refractivity contribution in [2.24, 2.45) is 0 Å². The van der Waals surface area contributed by atoms with Crippen LogP contribution < -0.4 is 0 Å². The fourth-order valence-corrected chi connectivity index (χ4v) is 0.311. The molecule has 0 saturated heterocycles. The van der Waals surface area contributed by atoms with Crippen molar-refractivity contribution >= 4 is 6.47 Å². The molecule has 0 aromatic heterocycles. The molecule has 0 N–H and O–H groups in total. The third kappa shape index (κ3) is 5.21. The zero-order valence-electron chi connectivity index (χ0n) is 4.89. The number of unbranched alkanes of at least 4 members (excludes halogenated alkanes) is 1. The maximum Gasteiger partial charge on any atom is 0.422 e. The van der Waals surface area contributed by atoms with Gasteiger partial charge < -0.3 is 4.74 Å². The topological polar surface area (TPSA) is 26.3 Å². The number of rotatable bonds is 4. The van der Waals surface area contributed by atoms with Crippen LogP contribution in [0.25, 0.3) is 0 Å². The molecule has 0 fully saturated rings. The normalized spacial score (nSPS) is 9.62. The number of hydrogen-bond donors (Lipinski definition) is 0. The van der Waals surface area contributed by atoms with Crippen LogP contribution in [-0.2, 0) is 9.53 Å². The highest BCUT2D eigenvalue weighted by Crippen LogP contribution is 1.86. The van der Waals surface area contributed by atoms with Crippen LogP contribution in [0.2, 0.25) is 0 Å². The van der Waals surface area contributed by atoms with Crippen LogP contribution in [0.3, 0.4) is 0 Å². The summed E-state index contributed by atoms with van der Waals surface area (Å²) in [4.78, 5) is 9.37. The highest BCUT2D eigenvalue weighted by Gasteiger charge is 1.71. The zero-order chi connectivity index (χ0) is 6.24. The lowest BCUT2D eigenvalue weighted by atomic mass is 10.3. The SMILES string of the molecule is CCCC=CO[C]=O. The summed E-state index contributed by atoms with van der Waals surface area (Å²) in [5.74, 6) is 0. The fourth-order valence-electron chi connectivity index (χ4n) is 0.311. The standard InChI is InChI=1S/C6H9O2/c1-2-3-4-5-8-6-7/h4-5H,2-3H2,1H3. The second kappa shape index (κ2) is 6.21. The van der Waals surface area contributed by atoms with E-state index >= 15 is 0 Å². The van der Waals surface area contributed by atoms with E-state index in [1.807, 2.05) is 0 Å². The second-order valence-corrected chi connectivity index (χ2v) is 1.36. The van der Waals surface area contributed by atoms with Gasteiger partial charge in [0.05, 0.1) is 6.26 Å². The Kier molecular flexibility index (Phi) is 5.60. The van der Waals surface area contributed by atoms with Crippen molar-refractivity contribution in [3.05, 3.63) is 12.3 Å². The molecule has 0 bridgehead atoms. The summed E-state index contributed by atoms with van der Waals surface area (Å²) in [6, 6.07) is 0. The Balaban J connectivity index is 2.94. The lowest BCUT2D eigenvalue weighted by Gasteiger charge is -1.81. The molecule has 0 aliphatic carbocycles. The molecule has 0 heterocycles. The molecule has 0 spiro atoms. The first-order valence-electron chi connectivity index (χ1n) is 2.59. The van der Waals surface area contributed by atoms with E-state index < -0.39 is 0 Å². The lowest BCUT2D eigenvalue weighted by molar-refractivity contribution is 0.397. The maximum absolute atomic E-state index is 9.37. The van der Waals surface area contributed by atoms with Gasteiger partial charge in [0.2, 0.25) is 0 Å². The van der Waals surface area contributed by atoms with Crippen LogP contribution >= 0.6 is 0 Å². The monoisotopic (exact) mass is 113 g/mol. The molecule has 0 aliphatic heterocycles. The smallest absolute Gasteiger partial charge is 0.422 e. The predicted octanol–water partition coefficient (Wildman–Crippen LogP) is 1.38. The summed E-state index contributed by atoms with van der Waals surface area (Å²) in [6.07, 6.45) is 5.14. The van der Waals surface area contributed by atoms with Crippen molar-refractivity contribution in [3.63, 3.8) is 0 Å². The van der Waals surface area contributed by atoms with Crippen molar-refractivity contribution in [2.75, 3.05) is 0 Å². The molecule has 0 rings (SSSR count). The molecule has 0 unspecified atom stereocenters. The Hall–Kier alpha value is -0.790. The maximum atomic E-state index is 9.37. The number of allylic oxidation sites excluding steroid dienone is 1. The van der Waals surface area contributed by atoms with Gasteiger partial charge in [-0.1, -0.05) is 13.3 Å². The van der Waals surface area contributed by atoms with Crippen molar-refractivity contribution < 1.29 is 9.53 Å². The largest absolute Gasteiger partial charge is 0.426 e. The molecule has 0 aromatic carbocycles. The van der Waals surface area contributed by atoms with E-state index in [1.165, 1.54) is 12.7 Å². The van der Waals surface area contributed by atoms with E-state index in [9.17, 15) is 4.79 Å². The van der Waals surface area contributed by atoms with E-state index in [0.29, 0.717) is 0 Å². The minimum absolute atomic E-state index is 0.946. The second-order valence-electron chi connectivity index (χ2n) is 1.36. The van der Waals surface area contributed by atoms with Gasteiger partial charge in [0.25, 0.3) is 0 Å². The lowest BCUT2D eigenvalue weighted by Crippen LogP contribution is -1.71. The summed E-state index contributed by atoms with van der Waals surface area (Å²) in [6.45, 7) is 3.34. The summed E-state index contributed by atoms with van der Waals surface area (Å²) < 4.78 is 4.15. The Bertz CT molecular complexity index is 76.6. The molecule has 45 valence electrons. The van der Waals surface area contributed by atoms with Gasteiger partial charge in [0.1, 0.15) is 0 Å². The van der Waals surface area contributed by atoms with E-state index in [2.05, 4.69) is 11.7 Å². The molecule has 8 heavy (non-hydrogen) atoms. The van der Waals surface area contributed by atoms with Gasteiger partial charge in [0, 0.05) is 0 Å². The van der Waals surface area contributed by atoms with E-state index in [4.69, 9.17) is 0 Å². The number of ether oxygens (including phenoxy) is 1. The summed E-state index contributed by atoms with van der Waals surface area (Å²) in [7, 11) is 0. The van der Waals surface area contributed by atoms with Gasteiger partial charge in [-0.3, -0.25) is 0 Å². The van der Waals surface area contributed by atoms with Gasteiger partial charge in [-0.05, 0) is 12.5 Å². The zero-order valence-corrected chi connectivity index (χ0v) is 4.89. The van der Waals surface area contributed by atoms with Crippen LogP contribution in [0.4, 0.5) is 0 Å². The third-order valence-electron chi connectivity index (χ3n) is 0.668. The van der Waals surface area contributed by atoms with Crippen LogP contribution in [0.15, 0.2) is 12.3 Å². The Labute approximate surface area is 49.1 Å². The van der Waals surface area contributed by atoms with Gasteiger partial charge in [-0.25, -0.2) is 4.79 Å². The summed E-state index contributed by atoms with van der Waals surface area (Å²) in [5.41, 5.74) is 0. The quantitative estimate of drug-likeness (QED) is 0.515. The average molecular weight is 113 g/mol. The van der Waals surface area contributed by atoms with Gasteiger partial charge in [-0.15, -0.1) is 0 Å². The summed E-state index contributed by atoms with van der Waals surface area (Å²) in [5, 5.41) is 0. The molecule has 0 amide bonds. The van der Waals surface area contributed by atoms with Gasteiger partial charge >= 0.3 is 6.47 Å². The minimum Gasteiger partial charge on any atom is -0.426 e. The number of carbonyl (C=O) groups excluding carboxylic acids is 1. The molecular weight excluding hydrogens is 104 g/mol. The Morgan fingerprint density at radius 3 is 3.00 bits per heavy atom. The molecule has 0 atom stereocenters. The highest BCUT2D eigenvalue weighted by molar-refractivity contribution is 5.39. The molecule has 2 heteroatoms. The van der Waals surface area contributed by atoms with Crippen LogP contribution in [0.1, 0.15) is 19.8 Å². The Morgan fingerprint density at radius 1 is 1.75 bits per heavy atom. The summed E-state index contributed by atoms with van der Waals surface area (Å²) >= 11 is 0. The predicted molar refractivity (Wildman–Crippen MR) is 30.8 cm³/mol.